The molecule has 192 valence electrons. The van der Waals surface area contributed by atoms with Gasteiger partial charge in [0.2, 0.25) is 17.7 Å². The first kappa shape index (κ1) is 23.5. The molecule has 0 aliphatic carbocycles. The lowest BCUT2D eigenvalue weighted by Gasteiger charge is -2.39. The zero-order chi connectivity index (χ0) is 26.1. The Kier molecular flexibility index (Phi) is 5.30. The van der Waals surface area contributed by atoms with E-state index < -0.39 is 11.4 Å². The van der Waals surface area contributed by atoms with Crippen LogP contribution >= 0.6 is 11.6 Å². The summed E-state index contributed by atoms with van der Waals surface area (Å²) in [5.74, 6) is 0.116. The van der Waals surface area contributed by atoms with Crippen molar-refractivity contribution in [2.45, 2.75) is 31.1 Å². The zero-order valence-corrected chi connectivity index (χ0v) is 21.1. The minimum Gasteiger partial charge on any atom is -0.476 e. The van der Waals surface area contributed by atoms with Crippen LogP contribution in [-0.2, 0) is 16.6 Å². The van der Waals surface area contributed by atoms with Gasteiger partial charge in [0.25, 0.3) is 5.56 Å². The highest BCUT2D eigenvalue weighted by Gasteiger charge is 2.52. The number of nitrogens with zero attached hydrogens (tertiary/aromatic N) is 5. The number of nitrogens with one attached hydrogen (secondary N) is 1. The molecule has 3 aliphatic heterocycles. The van der Waals surface area contributed by atoms with Gasteiger partial charge < -0.3 is 24.2 Å². The summed E-state index contributed by atoms with van der Waals surface area (Å²) in [6.07, 6.45) is 3.71. The summed E-state index contributed by atoms with van der Waals surface area (Å²) in [6.45, 7) is 1.89. The Balaban J connectivity index is 1.32. The summed E-state index contributed by atoms with van der Waals surface area (Å²) in [4.78, 5) is 54.9. The third-order valence-electron chi connectivity index (χ3n) is 7.77. The number of amides is 1. The van der Waals surface area contributed by atoms with Gasteiger partial charge in [-0.1, -0.05) is 11.6 Å². The van der Waals surface area contributed by atoms with Gasteiger partial charge in [-0.25, -0.2) is 9.78 Å². The van der Waals surface area contributed by atoms with Gasteiger partial charge in [0, 0.05) is 55.6 Å². The Labute approximate surface area is 216 Å². The third-order valence-corrected chi connectivity index (χ3v) is 8.07. The summed E-state index contributed by atoms with van der Waals surface area (Å²) < 4.78 is 5.35. The molecule has 11 nitrogen and oxygen atoms in total. The van der Waals surface area contributed by atoms with E-state index >= 15 is 0 Å². The number of aromatic carboxylic acids is 1. The van der Waals surface area contributed by atoms with E-state index in [-0.39, 0.29) is 23.1 Å². The number of likely N-dealkylation sites (N-methyl/N-ethyl adjacent to an activating group) is 1. The molecule has 2 aromatic heterocycles. The topological polar surface area (TPSA) is 136 Å². The van der Waals surface area contributed by atoms with Crippen LogP contribution in [0.3, 0.4) is 0 Å². The number of anilines is 3. The lowest BCUT2D eigenvalue weighted by Crippen LogP contribution is -2.49. The number of benzene rings is 1. The average molecular weight is 525 g/mol. The number of carbonyl (C=O) groups is 2. The van der Waals surface area contributed by atoms with E-state index in [1.807, 2.05) is 16.8 Å². The molecule has 1 amide bonds. The maximum atomic E-state index is 13.6. The van der Waals surface area contributed by atoms with Gasteiger partial charge in [0.1, 0.15) is 12.1 Å². The largest absolute Gasteiger partial charge is 0.476 e. The monoisotopic (exact) mass is 524 g/mol. The summed E-state index contributed by atoms with van der Waals surface area (Å²) in [5, 5.41) is 9.55. The van der Waals surface area contributed by atoms with Crippen molar-refractivity contribution in [2.75, 3.05) is 48.4 Å². The second kappa shape index (κ2) is 8.34. The molecule has 1 fully saturated rings. The molecular formula is C25H25ClN6O5. The van der Waals surface area contributed by atoms with E-state index in [1.165, 1.54) is 0 Å². The van der Waals surface area contributed by atoms with Crippen LogP contribution in [0, 0.1) is 0 Å². The fraction of sp³-hybridized carbons (Fsp3) is 0.400. The molecule has 1 saturated heterocycles. The normalized spacial score (nSPS) is 18.4. The van der Waals surface area contributed by atoms with Crippen molar-refractivity contribution in [1.82, 2.24) is 15.0 Å². The number of rotatable bonds is 3. The molecule has 0 atom stereocenters. The summed E-state index contributed by atoms with van der Waals surface area (Å²) in [7, 11) is 3.65. The van der Waals surface area contributed by atoms with Crippen LogP contribution < -0.4 is 20.3 Å². The number of carbonyl (C=O) groups excluding carboxylic acids is 1. The van der Waals surface area contributed by atoms with Crippen LogP contribution in [-0.4, -0.2) is 65.7 Å². The van der Waals surface area contributed by atoms with E-state index in [2.05, 4.69) is 9.97 Å². The Morgan fingerprint density at radius 2 is 1.92 bits per heavy atom. The van der Waals surface area contributed by atoms with E-state index in [9.17, 15) is 14.4 Å². The molecule has 3 aliphatic rings. The number of piperidine rings is 1. The first-order valence-electron chi connectivity index (χ1n) is 12.1. The summed E-state index contributed by atoms with van der Waals surface area (Å²) >= 11 is 6.77. The number of H-pyrrole nitrogens is 1. The van der Waals surface area contributed by atoms with Crippen LogP contribution in [0.15, 0.2) is 27.6 Å². The first-order valence-corrected chi connectivity index (χ1v) is 12.5. The van der Waals surface area contributed by atoms with Crippen LogP contribution in [0.5, 0.6) is 0 Å². The van der Waals surface area contributed by atoms with Gasteiger partial charge >= 0.3 is 5.97 Å². The second-order valence-electron chi connectivity index (χ2n) is 9.85. The molecule has 0 radical (unpaired) electrons. The number of aromatic amines is 1. The predicted octanol–water partition coefficient (Wildman–Crippen LogP) is 2.67. The van der Waals surface area contributed by atoms with Crippen molar-refractivity contribution in [3.63, 3.8) is 0 Å². The van der Waals surface area contributed by atoms with Crippen molar-refractivity contribution >= 4 is 40.9 Å². The number of fused-ring (bicyclic) bond motifs is 3. The average Bonchev–Trinajstić information content (AvgIpc) is 3.45. The highest BCUT2D eigenvalue weighted by molar-refractivity contribution is 6.33. The Hall–Kier alpha value is -3.86. The van der Waals surface area contributed by atoms with Gasteiger partial charge in [0.05, 0.1) is 11.0 Å². The van der Waals surface area contributed by atoms with Crippen LogP contribution in [0.4, 0.5) is 17.5 Å². The van der Waals surface area contributed by atoms with E-state index in [1.54, 1.807) is 24.1 Å². The highest BCUT2D eigenvalue weighted by Crippen LogP contribution is 2.52. The number of oxazole rings is 1. The fourth-order valence-electron chi connectivity index (χ4n) is 5.82. The quantitative estimate of drug-likeness (QED) is 0.530. The minimum absolute atomic E-state index is 0.0496. The molecule has 1 aromatic carbocycles. The Morgan fingerprint density at radius 1 is 1.16 bits per heavy atom. The fourth-order valence-corrected chi connectivity index (χ4v) is 6.22. The zero-order valence-electron chi connectivity index (χ0n) is 20.4. The molecule has 0 unspecified atom stereocenters. The number of halogens is 1. The van der Waals surface area contributed by atoms with Gasteiger partial charge in [-0.15, -0.1) is 0 Å². The summed E-state index contributed by atoms with van der Waals surface area (Å²) in [5.41, 5.74) is 1.49. The van der Waals surface area contributed by atoms with Gasteiger partial charge in [-0.2, -0.15) is 4.98 Å². The van der Waals surface area contributed by atoms with Crippen molar-refractivity contribution in [1.29, 1.82) is 0 Å². The molecule has 12 heteroatoms. The van der Waals surface area contributed by atoms with Gasteiger partial charge in [-0.05, 0) is 37.8 Å². The van der Waals surface area contributed by atoms with Crippen molar-refractivity contribution < 1.29 is 19.1 Å². The van der Waals surface area contributed by atoms with Crippen molar-refractivity contribution in [3.8, 4) is 11.5 Å². The van der Waals surface area contributed by atoms with Crippen molar-refractivity contribution in [2.24, 2.45) is 0 Å². The molecule has 0 bridgehead atoms. The lowest BCUT2D eigenvalue weighted by molar-refractivity contribution is -0.123. The molecule has 2 N–H and O–H groups in total. The van der Waals surface area contributed by atoms with Crippen LogP contribution in [0.25, 0.3) is 11.5 Å². The third kappa shape index (κ3) is 3.51. The number of hydrogen-bond donors (Lipinski definition) is 2. The minimum atomic E-state index is -1.19. The predicted molar refractivity (Wildman–Crippen MR) is 137 cm³/mol. The van der Waals surface area contributed by atoms with Crippen molar-refractivity contribution in [3.05, 3.63) is 50.6 Å². The Morgan fingerprint density at radius 3 is 2.62 bits per heavy atom. The number of carboxylic acids is 1. The smallest absolute Gasteiger partial charge is 0.357 e. The van der Waals surface area contributed by atoms with E-state index in [0.717, 1.165) is 36.2 Å². The lowest BCUT2D eigenvalue weighted by atomic mass is 9.73. The number of aromatic nitrogens is 3. The maximum absolute atomic E-state index is 13.6. The number of carboxylic acid groups (broad SMARTS) is 1. The standard InChI is InChI=1S/C25H25ClN6O5/c1-30-7-3-4-14-19(30)28-24(29-20(14)33)32-8-5-25(6-9-32)18-15(26)10-13(11-17(18)31(2)23(25)36)21-27-16(12-37-21)22(34)35/h10-12H,3-9H2,1-2H3,(H,34,35)(H,28,29,33). The molecule has 37 heavy (non-hydrogen) atoms. The molecule has 0 saturated carbocycles. The van der Waals surface area contributed by atoms with E-state index in [4.69, 9.17) is 26.1 Å². The molecule has 5 heterocycles. The van der Waals surface area contributed by atoms with E-state index in [0.29, 0.717) is 54.6 Å². The first-order chi connectivity index (χ1) is 17.7. The summed E-state index contributed by atoms with van der Waals surface area (Å²) in [6, 6.07) is 3.42. The SMILES string of the molecule is CN1CCCc2c1nc(N1CCC3(CC1)C(=O)N(C)c1cc(-c4nc(C(=O)O)co4)cc(Cl)c13)[nH]c2=O. The molecule has 6 rings (SSSR count). The Bertz CT molecular complexity index is 1510. The molecule has 3 aromatic rings. The second-order valence-corrected chi connectivity index (χ2v) is 10.3. The number of hydrogen-bond acceptors (Lipinski definition) is 8. The highest BCUT2D eigenvalue weighted by atomic mass is 35.5. The maximum Gasteiger partial charge on any atom is 0.357 e. The molecule has 1 spiro atoms. The molecular weight excluding hydrogens is 500 g/mol. The van der Waals surface area contributed by atoms with Gasteiger partial charge in [-0.3, -0.25) is 14.6 Å². The van der Waals surface area contributed by atoms with Gasteiger partial charge in [0.15, 0.2) is 5.69 Å². The van der Waals surface area contributed by atoms with Crippen LogP contribution in [0.2, 0.25) is 5.02 Å². The van der Waals surface area contributed by atoms with Crippen LogP contribution in [0.1, 0.15) is 40.9 Å².